The van der Waals surface area contributed by atoms with Crippen LogP contribution in [0.5, 0.6) is 0 Å². The van der Waals surface area contributed by atoms with Gasteiger partial charge in [0.15, 0.2) is 0 Å². The molecule has 6 atom stereocenters. The second kappa shape index (κ2) is 6.65. The van der Waals surface area contributed by atoms with Crippen molar-refractivity contribution in [3.8, 4) is 0 Å². The molecule has 1 saturated heterocycles. The molecule has 2 heterocycles. The van der Waals surface area contributed by atoms with Gasteiger partial charge in [-0.1, -0.05) is 19.3 Å². The van der Waals surface area contributed by atoms with Crippen molar-refractivity contribution in [2.75, 3.05) is 5.32 Å². The molecule has 6 heteroatoms. The van der Waals surface area contributed by atoms with E-state index in [1.807, 2.05) is 6.92 Å². The first-order valence-corrected chi connectivity index (χ1v) is 9.21. The van der Waals surface area contributed by atoms with Crippen molar-refractivity contribution >= 4 is 17.7 Å². The molecule has 0 radical (unpaired) electrons. The van der Waals surface area contributed by atoms with Crippen LogP contribution in [0.4, 0.5) is 10.5 Å². The van der Waals surface area contributed by atoms with Gasteiger partial charge < -0.3 is 9.47 Å². The van der Waals surface area contributed by atoms with Gasteiger partial charge in [0.05, 0.1) is 17.8 Å². The molecule has 1 aromatic heterocycles. The zero-order chi connectivity index (χ0) is 17.4. The Kier molecular flexibility index (Phi) is 4.36. The SMILES string of the molecule is C[C@@H]1OC(=O)C2CC3CCCCC3[C@@H](OC(=O)Nc3cccnc3)C21. The topological polar surface area (TPSA) is 77.5 Å². The Labute approximate surface area is 147 Å². The highest BCUT2D eigenvalue weighted by Gasteiger charge is 2.56. The summed E-state index contributed by atoms with van der Waals surface area (Å²) in [5.74, 6) is 0.482. The predicted molar refractivity (Wildman–Crippen MR) is 90.7 cm³/mol. The molecule has 1 N–H and O–H groups in total. The van der Waals surface area contributed by atoms with E-state index in [-0.39, 0.29) is 30.0 Å². The van der Waals surface area contributed by atoms with E-state index in [0.717, 1.165) is 25.7 Å². The minimum atomic E-state index is -0.477. The van der Waals surface area contributed by atoms with Crippen LogP contribution in [0.3, 0.4) is 0 Å². The van der Waals surface area contributed by atoms with Crippen molar-refractivity contribution in [1.29, 1.82) is 0 Å². The van der Waals surface area contributed by atoms with Crippen molar-refractivity contribution in [3.05, 3.63) is 24.5 Å². The van der Waals surface area contributed by atoms with E-state index in [9.17, 15) is 9.59 Å². The summed E-state index contributed by atoms with van der Waals surface area (Å²) in [6.45, 7) is 1.92. The van der Waals surface area contributed by atoms with E-state index in [1.165, 1.54) is 6.42 Å². The number of nitrogens with one attached hydrogen (secondary N) is 1. The largest absolute Gasteiger partial charge is 0.462 e. The second-order valence-electron chi connectivity index (χ2n) is 7.51. The van der Waals surface area contributed by atoms with Crippen LogP contribution in [0.1, 0.15) is 39.0 Å². The summed E-state index contributed by atoms with van der Waals surface area (Å²) in [7, 11) is 0. The number of cyclic esters (lactones) is 1. The fourth-order valence-electron chi connectivity index (χ4n) is 5.03. The van der Waals surface area contributed by atoms with Crippen molar-refractivity contribution in [2.45, 2.75) is 51.2 Å². The maximum Gasteiger partial charge on any atom is 0.411 e. The predicted octanol–water partition coefficient (Wildman–Crippen LogP) is 3.39. The lowest BCUT2D eigenvalue weighted by atomic mass is 9.61. The molecule has 134 valence electrons. The fraction of sp³-hybridized carbons (Fsp3) is 0.632. The van der Waals surface area contributed by atoms with Gasteiger partial charge in [-0.05, 0) is 43.7 Å². The number of hydrogen-bond donors (Lipinski definition) is 1. The molecule has 0 spiro atoms. The van der Waals surface area contributed by atoms with Gasteiger partial charge in [-0.25, -0.2) is 4.79 Å². The lowest BCUT2D eigenvalue weighted by molar-refractivity contribution is -0.144. The number of carbonyl (C=O) groups excluding carboxylic acids is 2. The van der Waals surface area contributed by atoms with E-state index in [4.69, 9.17) is 9.47 Å². The highest BCUT2D eigenvalue weighted by atomic mass is 16.6. The normalized spacial score (nSPS) is 36.8. The van der Waals surface area contributed by atoms with Crippen LogP contribution in [0, 0.1) is 23.7 Å². The number of ether oxygens (including phenoxy) is 2. The number of fused-ring (bicyclic) bond motifs is 2. The Hall–Kier alpha value is -2.11. The number of amides is 1. The Morgan fingerprint density at radius 3 is 3.00 bits per heavy atom. The van der Waals surface area contributed by atoms with Crippen LogP contribution in [0.2, 0.25) is 0 Å². The number of carbonyl (C=O) groups is 2. The number of esters is 1. The first-order valence-electron chi connectivity index (χ1n) is 9.21. The molecule has 1 aliphatic heterocycles. The monoisotopic (exact) mass is 344 g/mol. The number of aromatic nitrogens is 1. The van der Waals surface area contributed by atoms with Crippen molar-refractivity contribution in [1.82, 2.24) is 4.98 Å². The van der Waals surface area contributed by atoms with Gasteiger partial charge in [0.25, 0.3) is 0 Å². The van der Waals surface area contributed by atoms with E-state index < -0.39 is 6.09 Å². The zero-order valence-corrected chi connectivity index (χ0v) is 14.4. The van der Waals surface area contributed by atoms with Gasteiger partial charge in [-0.3, -0.25) is 15.1 Å². The highest BCUT2D eigenvalue weighted by Crippen LogP contribution is 2.51. The number of nitrogens with zero attached hydrogens (tertiary/aromatic N) is 1. The maximum absolute atomic E-state index is 12.4. The van der Waals surface area contributed by atoms with Crippen molar-refractivity contribution < 1.29 is 19.1 Å². The van der Waals surface area contributed by atoms with E-state index in [0.29, 0.717) is 17.5 Å². The minimum absolute atomic E-state index is 0.0356. The molecule has 0 bridgehead atoms. The fourth-order valence-corrected chi connectivity index (χ4v) is 5.03. The third-order valence-corrected chi connectivity index (χ3v) is 6.09. The molecule has 6 nitrogen and oxygen atoms in total. The molecule has 4 rings (SSSR count). The summed E-state index contributed by atoms with van der Waals surface area (Å²) in [5, 5.41) is 2.74. The first kappa shape index (κ1) is 16.4. The number of hydrogen-bond acceptors (Lipinski definition) is 5. The summed E-state index contributed by atoms with van der Waals surface area (Å²) in [4.78, 5) is 28.7. The molecule has 1 aromatic rings. The summed E-state index contributed by atoms with van der Waals surface area (Å²) in [6, 6.07) is 3.53. The average Bonchev–Trinajstić information content (AvgIpc) is 2.89. The van der Waals surface area contributed by atoms with Crippen LogP contribution in [0.25, 0.3) is 0 Å². The number of rotatable bonds is 2. The minimum Gasteiger partial charge on any atom is -0.462 e. The molecular formula is C19H24N2O4. The maximum atomic E-state index is 12.4. The standard InChI is InChI=1S/C19H24N2O4/c1-11-16-15(18(22)24-11)9-12-5-2-3-7-14(12)17(16)25-19(23)21-13-6-4-8-20-10-13/h4,6,8,10-12,14-17H,2-3,5,7,9H2,1H3,(H,21,23)/t11-,12?,14?,15?,16?,17+/m0/s1. The van der Waals surface area contributed by atoms with Crippen LogP contribution in [-0.4, -0.2) is 29.3 Å². The number of anilines is 1. The van der Waals surface area contributed by atoms with Gasteiger partial charge in [0.1, 0.15) is 12.2 Å². The Balaban J connectivity index is 1.53. The molecule has 0 aromatic carbocycles. The molecule has 2 aliphatic carbocycles. The second-order valence-corrected chi connectivity index (χ2v) is 7.51. The molecule has 4 unspecified atom stereocenters. The third-order valence-electron chi connectivity index (χ3n) is 6.09. The van der Waals surface area contributed by atoms with Crippen LogP contribution >= 0.6 is 0 Å². The quantitative estimate of drug-likeness (QED) is 0.832. The lowest BCUT2D eigenvalue weighted by Gasteiger charge is -2.45. The smallest absolute Gasteiger partial charge is 0.411 e. The zero-order valence-electron chi connectivity index (χ0n) is 14.4. The van der Waals surface area contributed by atoms with Crippen LogP contribution in [-0.2, 0) is 14.3 Å². The Morgan fingerprint density at radius 1 is 1.36 bits per heavy atom. The van der Waals surface area contributed by atoms with E-state index >= 15 is 0 Å². The molecule has 2 saturated carbocycles. The molecule has 3 aliphatic rings. The average molecular weight is 344 g/mol. The van der Waals surface area contributed by atoms with Crippen LogP contribution in [0.15, 0.2) is 24.5 Å². The first-order chi connectivity index (χ1) is 12.1. The molecule has 25 heavy (non-hydrogen) atoms. The molecule has 3 fully saturated rings. The van der Waals surface area contributed by atoms with Gasteiger partial charge in [0, 0.05) is 12.1 Å². The highest BCUT2D eigenvalue weighted by molar-refractivity contribution is 5.84. The number of pyridine rings is 1. The van der Waals surface area contributed by atoms with Gasteiger partial charge in [0.2, 0.25) is 0 Å². The summed E-state index contributed by atoms with van der Waals surface area (Å²) < 4.78 is 11.4. The van der Waals surface area contributed by atoms with Gasteiger partial charge >= 0.3 is 12.1 Å². The summed E-state index contributed by atoms with van der Waals surface area (Å²) in [5.41, 5.74) is 0.604. The van der Waals surface area contributed by atoms with E-state index in [1.54, 1.807) is 24.5 Å². The Bertz CT molecular complexity index is 650. The molecule has 1 amide bonds. The van der Waals surface area contributed by atoms with Crippen molar-refractivity contribution in [2.24, 2.45) is 23.7 Å². The molecular weight excluding hydrogens is 320 g/mol. The van der Waals surface area contributed by atoms with Gasteiger partial charge in [-0.15, -0.1) is 0 Å². The van der Waals surface area contributed by atoms with Gasteiger partial charge in [-0.2, -0.15) is 0 Å². The van der Waals surface area contributed by atoms with Crippen LogP contribution < -0.4 is 5.32 Å². The Morgan fingerprint density at radius 2 is 2.20 bits per heavy atom. The third kappa shape index (κ3) is 3.10. The van der Waals surface area contributed by atoms with Crippen molar-refractivity contribution in [3.63, 3.8) is 0 Å². The lowest BCUT2D eigenvalue weighted by Crippen LogP contribution is -2.49. The summed E-state index contributed by atoms with van der Waals surface area (Å²) in [6.07, 6.45) is 7.69. The van der Waals surface area contributed by atoms with E-state index in [2.05, 4.69) is 10.3 Å². The summed E-state index contributed by atoms with van der Waals surface area (Å²) >= 11 is 0.